The fourth-order valence-corrected chi connectivity index (χ4v) is 2.50. The summed E-state index contributed by atoms with van der Waals surface area (Å²) in [7, 11) is 0. The van der Waals surface area contributed by atoms with Crippen LogP contribution in [-0.2, 0) is 19.1 Å². The summed E-state index contributed by atoms with van der Waals surface area (Å²) < 4.78 is 9.92. The number of hydrogen-bond acceptors (Lipinski definition) is 7. The van der Waals surface area contributed by atoms with E-state index in [0.29, 0.717) is 11.4 Å². The lowest BCUT2D eigenvalue weighted by Gasteiger charge is -2.11. The average molecular weight is 349 g/mol. The normalized spacial score (nSPS) is 13.7. The van der Waals surface area contributed by atoms with Gasteiger partial charge in [0.15, 0.2) is 6.61 Å². The van der Waals surface area contributed by atoms with Crippen molar-refractivity contribution in [3.63, 3.8) is 0 Å². The molecule has 9 heteroatoms. The zero-order valence-corrected chi connectivity index (χ0v) is 14.2. The van der Waals surface area contributed by atoms with Gasteiger partial charge >= 0.3 is 11.9 Å². The van der Waals surface area contributed by atoms with Gasteiger partial charge in [0.25, 0.3) is 0 Å². The third-order valence-corrected chi connectivity index (χ3v) is 3.61. The van der Waals surface area contributed by atoms with Crippen molar-refractivity contribution in [2.75, 3.05) is 13.2 Å². The van der Waals surface area contributed by atoms with E-state index >= 15 is 0 Å². The number of esters is 2. The van der Waals surface area contributed by atoms with Crippen LogP contribution in [0.1, 0.15) is 51.9 Å². The molecule has 9 nitrogen and oxygen atoms in total. The minimum atomic E-state index is -0.782. The first-order chi connectivity index (χ1) is 11.8. The SMILES string of the molecule is CCOC(=O)c1c(C)[nH]c(C)c1C(=O)COC(=O)C1=NNC(=O)CC1. The third kappa shape index (κ3) is 4.11. The Labute approximate surface area is 143 Å². The molecule has 1 aromatic heterocycles. The minimum absolute atomic E-state index is 0.0417. The average Bonchev–Trinajstić information content (AvgIpc) is 2.87. The van der Waals surface area contributed by atoms with Crippen LogP contribution in [-0.4, -0.2) is 47.5 Å². The number of aryl methyl sites for hydroxylation is 2. The van der Waals surface area contributed by atoms with Gasteiger partial charge in [0.1, 0.15) is 5.71 Å². The first-order valence-electron chi connectivity index (χ1n) is 7.77. The molecule has 0 aromatic carbocycles. The van der Waals surface area contributed by atoms with E-state index in [9.17, 15) is 19.2 Å². The third-order valence-electron chi connectivity index (χ3n) is 3.61. The second-order valence-electron chi connectivity index (χ2n) is 5.44. The van der Waals surface area contributed by atoms with E-state index in [1.165, 1.54) is 0 Å². The van der Waals surface area contributed by atoms with E-state index in [4.69, 9.17) is 9.47 Å². The van der Waals surface area contributed by atoms with E-state index in [-0.39, 0.29) is 42.2 Å². The van der Waals surface area contributed by atoms with Gasteiger partial charge in [-0.3, -0.25) is 9.59 Å². The van der Waals surface area contributed by atoms with Gasteiger partial charge in [-0.15, -0.1) is 0 Å². The first kappa shape index (κ1) is 18.4. The number of nitrogens with one attached hydrogen (secondary N) is 2. The zero-order valence-electron chi connectivity index (χ0n) is 14.2. The summed E-state index contributed by atoms with van der Waals surface area (Å²) in [5.74, 6) is -2.21. The van der Waals surface area contributed by atoms with Gasteiger partial charge in [0.2, 0.25) is 11.7 Å². The number of hydrazone groups is 1. The van der Waals surface area contributed by atoms with E-state index in [1.807, 2.05) is 0 Å². The van der Waals surface area contributed by atoms with Gasteiger partial charge in [-0.25, -0.2) is 15.0 Å². The largest absolute Gasteiger partial charge is 0.462 e. The van der Waals surface area contributed by atoms with Gasteiger partial charge in [-0.1, -0.05) is 0 Å². The van der Waals surface area contributed by atoms with Crippen LogP contribution < -0.4 is 5.43 Å². The molecule has 134 valence electrons. The predicted octanol–water partition coefficient (Wildman–Crippen LogP) is 0.800. The number of carbonyl (C=O) groups excluding carboxylic acids is 4. The van der Waals surface area contributed by atoms with Crippen LogP contribution in [0.25, 0.3) is 0 Å². The number of ketones is 1. The molecule has 0 unspecified atom stereocenters. The Morgan fingerprint density at radius 1 is 1.04 bits per heavy atom. The van der Waals surface area contributed by atoms with Crippen LogP contribution in [0.5, 0.6) is 0 Å². The second-order valence-corrected chi connectivity index (χ2v) is 5.44. The number of carbonyl (C=O) groups is 4. The standard InChI is InChI=1S/C16H19N3O6/c1-4-24-16(23)14-9(3)17-8(2)13(14)11(20)7-25-15(22)10-5-6-12(21)19-18-10/h17H,4-7H2,1-3H3,(H,19,21). The molecule has 1 amide bonds. The molecule has 2 N–H and O–H groups in total. The van der Waals surface area contributed by atoms with Crippen LogP contribution in [0.4, 0.5) is 0 Å². The van der Waals surface area contributed by atoms with Gasteiger partial charge in [-0.05, 0) is 20.8 Å². The second kappa shape index (κ2) is 7.73. The summed E-state index contributed by atoms with van der Waals surface area (Å²) in [6.45, 7) is 4.60. The number of H-pyrrole nitrogens is 1. The van der Waals surface area contributed by atoms with Crippen molar-refractivity contribution in [1.29, 1.82) is 0 Å². The van der Waals surface area contributed by atoms with Crippen molar-refractivity contribution >= 4 is 29.3 Å². The van der Waals surface area contributed by atoms with E-state index in [0.717, 1.165) is 0 Å². The molecule has 1 aromatic rings. The number of rotatable bonds is 6. The number of aromatic nitrogens is 1. The highest BCUT2D eigenvalue weighted by Crippen LogP contribution is 2.20. The van der Waals surface area contributed by atoms with Crippen molar-refractivity contribution in [3.8, 4) is 0 Å². The molecule has 2 heterocycles. The predicted molar refractivity (Wildman–Crippen MR) is 86.3 cm³/mol. The van der Waals surface area contributed by atoms with Crippen LogP contribution >= 0.6 is 0 Å². The monoisotopic (exact) mass is 349 g/mol. The Hall–Kier alpha value is -2.97. The lowest BCUT2D eigenvalue weighted by molar-refractivity contribution is -0.134. The molecular weight excluding hydrogens is 330 g/mol. The van der Waals surface area contributed by atoms with Crippen LogP contribution in [0.2, 0.25) is 0 Å². The summed E-state index contributed by atoms with van der Waals surface area (Å²) in [6, 6.07) is 0. The van der Waals surface area contributed by atoms with Gasteiger partial charge in [0, 0.05) is 24.2 Å². The quantitative estimate of drug-likeness (QED) is 0.578. The van der Waals surface area contributed by atoms with Crippen molar-refractivity contribution < 1.29 is 28.7 Å². The lowest BCUT2D eigenvalue weighted by atomic mass is 10.1. The molecule has 0 radical (unpaired) electrons. The maximum Gasteiger partial charge on any atom is 0.354 e. The number of Topliss-reactive ketones (excluding diaryl/α,β-unsaturated/α-hetero) is 1. The van der Waals surface area contributed by atoms with Crippen molar-refractivity contribution in [3.05, 3.63) is 22.5 Å². The fraction of sp³-hybridized carbons (Fsp3) is 0.438. The molecular formula is C16H19N3O6. The maximum atomic E-state index is 12.4. The number of aromatic amines is 1. The molecule has 0 saturated carbocycles. The van der Waals surface area contributed by atoms with E-state index in [2.05, 4.69) is 15.5 Å². The maximum absolute atomic E-state index is 12.4. The summed E-state index contributed by atoms with van der Waals surface area (Å²) >= 11 is 0. The Balaban J connectivity index is 2.10. The molecule has 2 rings (SSSR count). The highest BCUT2D eigenvalue weighted by Gasteiger charge is 2.27. The lowest BCUT2D eigenvalue weighted by Crippen LogP contribution is -2.31. The van der Waals surface area contributed by atoms with Crippen LogP contribution in [0.3, 0.4) is 0 Å². The number of amides is 1. The van der Waals surface area contributed by atoms with Crippen LogP contribution in [0.15, 0.2) is 5.10 Å². The zero-order chi connectivity index (χ0) is 18.6. The Morgan fingerprint density at radius 3 is 2.32 bits per heavy atom. The molecule has 25 heavy (non-hydrogen) atoms. The smallest absolute Gasteiger partial charge is 0.354 e. The molecule has 0 aliphatic carbocycles. The molecule has 0 saturated heterocycles. The summed E-state index contributed by atoms with van der Waals surface area (Å²) in [4.78, 5) is 50.3. The Kier molecular flexibility index (Phi) is 5.68. The van der Waals surface area contributed by atoms with Gasteiger partial charge in [-0.2, -0.15) is 5.10 Å². The van der Waals surface area contributed by atoms with Crippen molar-refractivity contribution in [2.24, 2.45) is 5.10 Å². The molecule has 0 bridgehead atoms. The molecule has 0 atom stereocenters. The molecule has 1 aliphatic rings. The minimum Gasteiger partial charge on any atom is -0.462 e. The molecule has 0 fully saturated rings. The van der Waals surface area contributed by atoms with Crippen molar-refractivity contribution in [1.82, 2.24) is 10.4 Å². The summed E-state index contributed by atoms with van der Waals surface area (Å²) in [6.07, 6.45) is 0.278. The Bertz CT molecular complexity index is 762. The molecule has 1 aliphatic heterocycles. The van der Waals surface area contributed by atoms with Gasteiger partial charge in [0.05, 0.1) is 17.7 Å². The van der Waals surface area contributed by atoms with Gasteiger partial charge < -0.3 is 14.5 Å². The summed E-state index contributed by atoms with van der Waals surface area (Å²) in [5.41, 5.74) is 3.50. The van der Waals surface area contributed by atoms with E-state index < -0.39 is 24.3 Å². The number of ether oxygens (including phenoxy) is 2. The highest BCUT2D eigenvalue weighted by molar-refractivity contribution is 6.37. The number of hydrogen-bond donors (Lipinski definition) is 2. The van der Waals surface area contributed by atoms with Crippen molar-refractivity contribution in [2.45, 2.75) is 33.6 Å². The summed E-state index contributed by atoms with van der Waals surface area (Å²) in [5, 5.41) is 3.60. The fourth-order valence-electron chi connectivity index (χ4n) is 2.50. The van der Waals surface area contributed by atoms with Crippen LogP contribution in [0, 0.1) is 13.8 Å². The van der Waals surface area contributed by atoms with E-state index in [1.54, 1.807) is 20.8 Å². The molecule has 0 spiro atoms. The topological polar surface area (TPSA) is 127 Å². The Morgan fingerprint density at radius 2 is 1.72 bits per heavy atom. The first-order valence-corrected chi connectivity index (χ1v) is 7.77. The number of nitrogens with zero attached hydrogens (tertiary/aromatic N) is 1. The highest BCUT2D eigenvalue weighted by atomic mass is 16.5.